The van der Waals surface area contributed by atoms with Crippen LogP contribution in [0, 0.1) is 0 Å². The molecule has 0 aliphatic carbocycles. The Balaban J connectivity index is 1.73. The van der Waals surface area contributed by atoms with E-state index in [1.165, 1.54) is 0 Å². The van der Waals surface area contributed by atoms with Crippen molar-refractivity contribution in [2.24, 2.45) is 0 Å². The molecule has 5 nitrogen and oxygen atoms in total. The molecule has 0 saturated carbocycles. The molecule has 0 aliphatic rings. The van der Waals surface area contributed by atoms with Crippen molar-refractivity contribution in [2.45, 2.75) is 19.9 Å². The maximum atomic E-state index is 11.9. The molecule has 0 saturated heterocycles. The van der Waals surface area contributed by atoms with Crippen molar-refractivity contribution in [1.29, 1.82) is 0 Å². The van der Waals surface area contributed by atoms with Gasteiger partial charge in [0.25, 0.3) is 5.91 Å². The van der Waals surface area contributed by atoms with Crippen LogP contribution in [0.2, 0.25) is 5.02 Å². The number of nitrogens with zero attached hydrogens (tertiary/aromatic N) is 2. The summed E-state index contributed by atoms with van der Waals surface area (Å²) in [5.41, 5.74) is 0.626. The van der Waals surface area contributed by atoms with E-state index in [0.29, 0.717) is 23.7 Å². The zero-order chi connectivity index (χ0) is 15.1. The van der Waals surface area contributed by atoms with Gasteiger partial charge in [-0.15, -0.1) is 0 Å². The van der Waals surface area contributed by atoms with Gasteiger partial charge in [0.15, 0.2) is 0 Å². The Morgan fingerprint density at radius 3 is 2.76 bits per heavy atom. The lowest BCUT2D eigenvalue weighted by Crippen LogP contribution is -2.25. The first-order valence-corrected chi connectivity index (χ1v) is 7.26. The summed E-state index contributed by atoms with van der Waals surface area (Å²) in [6, 6.07) is 7.11. The maximum Gasteiger partial charge on any atom is 0.251 e. The van der Waals surface area contributed by atoms with Crippen molar-refractivity contribution >= 4 is 17.5 Å². The summed E-state index contributed by atoms with van der Waals surface area (Å²) in [7, 11) is 0. The summed E-state index contributed by atoms with van der Waals surface area (Å²) < 4.78 is 7.09. The van der Waals surface area contributed by atoms with Gasteiger partial charge in [0, 0.05) is 24.8 Å². The molecule has 1 heterocycles. The lowest BCUT2D eigenvalue weighted by molar-refractivity contribution is 0.0952. The van der Waals surface area contributed by atoms with E-state index in [0.717, 1.165) is 18.7 Å². The number of ether oxygens (including phenoxy) is 1. The third-order valence-corrected chi connectivity index (χ3v) is 3.07. The number of carbonyl (C=O) groups is 1. The van der Waals surface area contributed by atoms with Crippen molar-refractivity contribution in [3.8, 4) is 5.75 Å². The van der Waals surface area contributed by atoms with Gasteiger partial charge in [-0.05, 0) is 37.6 Å². The van der Waals surface area contributed by atoms with Crippen LogP contribution in [0.1, 0.15) is 23.7 Å². The zero-order valence-electron chi connectivity index (χ0n) is 11.9. The lowest BCUT2D eigenvalue weighted by Gasteiger charge is -2.07. The first-order chi connectivity index (χ1) is 10.2. The molecular weight excluding hydrogens is 290 g/mol. The standard InChI is InChI=1S/C15H18ClN3O2/c1-2-21-14-6-4-12(5-7-14)15(20)17-8-3-9-19-11-13(16)10-18-19/h4-7,10-11H,2-3,8-9H2,1H3,(H,17,20). The van der Waals surface area contributed by atoms with Crippen LogP contribution in [-0.2, 0) is 6.54 Å². The molecular formula is C15H18ClN3O2. The van der Waals surface area contributed by atoms with E-state index in [-0.39, 0.29) is 5.91 Å². The van der Waals surface area contributed by atoms with Crippen LogP contribution in [0.3, 0.4) is 0 Å². The molecule has 21 heavy (non-hydrogen) atoms. The molecule has 0 bridgehead atoms. The highest BCUT2D eigenvalue weighted by Gasteiger charge is 2.05. The Kier molecular flexibility index (Phi) is 5.63. The van der Waals surface area contributed by atoms with E-state index in [4.69, 9.17) is 16.3 Å². The predicted molar refractivity (Wildman–Crippen MR) is 81.8 cm³/mol. The van der Waals surface area contributed by atoms with Gasteiger partial charge in [-0.3, -0.25) is 9.48 Å². The first kappa shape index (κ1) is 15.4. The Labute approximate surface area is 128 Å². The molecule has 1 aromatic carbocycles. The number of hydrogen-bond acceptors (Lipinski definition) is 3. The van der Waals surface area contributed by atoms with Gasteiger partial charge in [-0.1, -0.05) is 11.6 Å². The van der Waals surface area contributed by atoms with Crippen LogP contribution in [0.25, 0.3) is 0 Å². The summed E-state index contributed by atoms with van der Waals surface area (Å²) >= 11 is 5.78. The Hall–Kier alpha value is -2.01. The predicted octanol–water partition coefficient (Wildman–Crippen LogP) is 2.76. The number of nitrogens with one attached hydrogen (secondary N) is 1. The quantitative estimate of drug-likeness (QED) is 0.800. The highest BCUT2D eigenvalue weighted by molar-refractivity contribution is 6.30. The van der Waals surface area contributed by atoms with Crippen molar-refractivity contribution in [2.75, 3.05) is 13.2 Å². The second kappa shape index (κ2) is 7.69. The van der Waals surface area contributed by atoms with Crippen molar-refractivity contribution in [1.82, 2.24) is 15.1 Å². The monoisotopic (exact) mass is 307 g/mol. The topological polar surface area (TPSA) is 56.1 Å². The molecule has 2 rings (SSSR count). The van der Waals surface area contributed by atoms with Crippen molar-refractivity contribution < 1.29 is 9.53 Å². The van der Waals surface area contributed by atoms with Crippen LogP contribution in [-0.4, -0.2) is 28.8 Å². The Morgan fingerprint density at radius 2 is 2.14 bits per heavy atom. The van der Waals surface area contributed by atoms with Crippen molar-refractivity contribution in [3.63, 3.8) is 0 Å². The molecule has 1 aromatic heterocycles. The SMILES string of the molecule is CCOc1ccc(C(=O)NCCCn2cc(Cl)cn2)cc1. The summed E-state index contributed by atoms with van der Waals surface area (Å²) in [6.07, 6.45) is 4.15. The highest BCUT2D eigenvalue weighted by Crippen LogP contribution is 2.12. The normalized spacial score (nSPS) is 10.4. The van der Waals surface area contributed by atoms with E-state index in [1.807, 2.05) is 6.92 Å². The van der Waals surface area contributed by atoms with Gasteiger partial charge in [-0.2, -0.15) is 5.10 Å². The molecule has 0 fully saturated rings. The number of halogens is 1. The Bertz CT molecular complexity index is 581. The van der Waals surface area contributed by atoms with Gasteiger partial charge in [-0.25, -0.2) is 0 Å². The molecule has 0 aliphatic heterocycles. The molecule has 0 radical (unpaired) electrons. The summed E-state index contributed by atoms with van der Waals surface area (Å²) in [4.78, 5) is 11.9. The molecule has 112 valence electrons. The third kappa shape index (κ3) is 4.79. The van der Waals surface area contributed by atoms with Crippen LogP contribution < -0.4 is 10.1 Å². The fourth-order valence-corrected chi connectivity index (χ4v) is 2.03. The van der Waals surface area contributed by atoms with E-state index < -0.39 is 0 Å². The summed E-state index contributed by atoms with van der Waals surface area (Å²) in [5.74, 6) is 0.682. The molecule has 1 N–H and O–H groups in total. The minimum atomic E-state index is -0.0865. The number of amides is 1. The van der Waals surface area contributed by atoms with Crippen LogP contribution >= 0.6 is 11.6 Å². The van der Waals surface area contributed by atoms with Crippen LogP contribution in [0.5, 0.6) is 5.75 Å². The molecule has 0 unspecified atom stereocenters. The van der Waals surface area contributed by atoms with Gasteiger partial charge in [0.05, 0.1) is 17.8 Å². The summed E-state index contributed by atoms with van der Waals surface area (Å²) in [5, 5.41) is 7.57. The van der Waals surface area contributed by atoms with Crippen LogP contribution in [0.4, 0.5) is 0 Å². The lowest BCUT2D eigenvalue weighted by atomic mass is 10.2. The largest absolute Gasteiger partial charge is 0.494 e. The first-order valence-electron chi connectivity index (χ1n) is 6.88. The van der Waals surface area contributed by atoms with Gasteiger partial charge in [0.1, 0.15) is 5.75 Å². The fourth-order valence-electron chi connectivity index (χ4n) is 1.87. The number of rotatable bonds is 7. The molecule has 2 aromatic rings. The van der Waals surface area contributed by atoms with Gasteiger partial charge >= 0.3 is 0 Å². The number of hydrogen-bond donors (Lipinski definition) is 1. The number of aryl methyl sites for hydroxylation is 1. The highest BCUT2D eigenvalue weighted by atomic mass is 35.5. The zero-order valence-corrected chi connectivity index (χ0v) is 12.6. The summed E-state index contributed by atoms with van der Waals surface area (Å²) in [6.45, 7) is 3.84. The number of aromatic nitrogens is 2. The molecule has 6 heteroatoms. The number of carbonyl (C=O) groups excluding carboxylic acids is 1. The number of benzene rings is 1. The van der Waals surface area contributed by atoms with E-state index in [9.17, 15) is 4.79 Å². The van der Waals surface area contributed by atoms with Gasteiger partial charge < -0.3 is 10.1 Å². The van der Waals surface area contributed by atoms with Crippen LogP contribution in [0.15, 0.2) is 36.7 Å². The van der Waals surface area contributed by atoms with Crippen molar-refractivity contribution in [3.05, 3.63) is 47.2 Å². The average molecular weight is 308 g/mol. The fraction of sp³-hybridized carbons (Fsp3) is 0.333. The second-order valence-electron chi connectivity index (χ2n) is 4.49. The Morgan fingerprint density at radius 1 is 1.38 bits per heavy atom. The van der Waals surface area contributed by atoms with E-state index in [2.05, 4.69) is 10.4 Å². The maximum absolute atomic E-state index is 11.9. The average Bonchev–Trinajstić information content (AvgIpc) is 2.90. The third-order valence-electron chi connectivity index (χ3n) is 2.88. The molecule has 0 atom stereocenters. The van der Waals surface area contributed by atoms with E-state index in [1.54, 1.807) is 41.3 Å². The minimum Gasteiger partial charge on any atom is -0.494 e. The van der Waals surface area contributed by atoms with E-state index >= 15 is 0 Å². The second-order valence-corrected chi connectivity index (χ2v) is 4.92. The molecule has 0 spiro atoms. The smallest absolute Gasteiger partial charge is 0.251 e. The minimum absolute atomic E-state index is 0.0865. The molecule has 1 amide bonds. The van der Waals surface area contributed by atoms with Gasteiger partial charge in [0.2, 0.25) is 0 Å².